The Morgan fingerprint density at radius 2 is 2.00 bits per heavy atom. The Morgan fingerprint density at radius 1 is 1.36 bits per heavy atom. The zero-order valence-electron chi connectivity index (χ0n) is 6.29. The van der Waals surface area contributed by atoms with Crippen LogP contribution in [0.5, 0.6) is 0 Å². The first-order valence-electron chi connectivity index (χ1n) is 3.87. The molecule has 1 saturated carbocycles. The minimum Gasteiger partial charge on any atom is -0.392 e. The highest BCUT2D eigenvalue weighted by Crippen LogP contribution is 2.23. The summed E-state index contributed by atoms with van der Waals surface area (Å²) in [5, 5.41) is 17.6. The topological polar surface area (TPSA) is 69.6 Å². The third kappa shape index (κ3) is 1.91. The summed E-state index contributed by atoms with van der Waals surface area (Å²) in [6.07, 6.45) is 2.69. The van der Waals surface area contributed by atoms with Crippen molar-refractivity contribution in [2.45, 2.75) is 31.8 Å². The monoisotopic (exact) mass is 159 g/mol. The van der Waals surface area contributed by atoms with Gasteiger partial charge in [0.2, 0.25) is 5.91 Å². The number of aliphatic hydroxyl groups is 1. The van der Waals surface area contributed by atoms with Crippen molar-refractivity contribution in [1.82, 2.24) is 5.48 Å². The molecule has 0 radical (unpaired) electrons. The van der Waals surface area contributed by atoms with Gasteiger partial charge in [0.1, 0.15) is 0 Å². The van der Waals surface area contributed by atoms with Crippen molar-refractivity contribution in [3.8, 4) is 0 Å². The number of carbonyl (C=O) groups is 1. The van der Waals surface area contributed by atoms with E-state index in [2.05, 4.69) is 0 Å². The van der Waals surface area contributed by atoms with Gasteiger partial charge in [-0.2, -0.15) is 0 Å². The molecule has 0 aromatic heterocycles. The van der Waals surface area contributed by atoms with Crippen molar-refractivity contribution in [3.05, 3.63) is 0 Å². The normalized spacial score (nSPS) is 31.5. The Hall–Kier alpha value is -0.610. The fourth-order valence-electron chi connectivity index (χ4n) is 1.50. The number of nitrogens with one attached hydrogen (secondary N) is 1. The number of rotatable bonds is 1. The van der Waals surface area contributed by atoms with Crippen LogP contribution in [-0.2, 0) is 4.79 Å². The van der Waals surface area contributed by atoms with Gasteiger partial charge in [0, 0.05) is 0 Å². The number of aliphatic hydroxyl groups excluding tert-OH is 1. The molecule has 0 bridgehead atoms. The molecule has 2 atom stereocenters. The molecule has 0 aliphatic heterocycles. The van der Waals surface area contributed by atoms with Gasteiger partial charge in [-0.25, -0.2) is 5.48 Å². The highest BCUT2D eigenvalue weighted by Gasteiger charge is 2.28. The van der Waals surface area contributed by atoms with Gasteiger partial charge in [0.25, 0.3) is 0 Å². The molecular formula is C7H13NO3. The summed E-state index contributed by atoms with van der Waals surface area (Å²) >= 11 is 0. The van der Waals surface area contributed by atoms with Crippen LogP contribution in [0.25, 0.3) is 0 Å². The van der Waals surface area contributed by atoms with Gasteiger partial charge in [-0.1, -0.05) is 12.8 Å². The number of hydrogen-bond donors (Lipinski definition) is 3. The quantitative estimate of drug-likeness (QED) is 0.374. The van der Waals surface area contributed by atoms with E-state index in [0.29, 0.717) is 12.8 Å². The zero-order chi connectivity index (χ0) is 8.27. The molecule has 2 unspecified atom stereocenters. The molecular weight excluding hydrogens is 146 g/mol. The standard InChI is InChI=1S/C7H13NO3/c9-6-4-2-1-3-5(6)7(10)8-11/h5-6,9,11H,1-4H2,(H,8,10). The van der Waals surface area contributed by atoms with Crippen molar-refractivity contribution in [3.63, 3.8) is 0 Å². The van der Waals surface area contributed by atoms with E-state index >= 15 is 0 Å². The molecule has 1 fully saturated rings. The van der Waals surface area contributed by atoms with Gasteiger partial charge >= 0.3 is 0 Å². The Balaban J connectivity index is 2.47. The van der Waals surface area contributed by atoms with Gasteiger partial charge < -0.3 is 5.11 Å². The molecule has 4 nitrogen and oxygen atoms in total. The molecule has 1 aliphatic carbocycles. The van der Waals surface area contributed by atoms with Crippen molar-refractivity contribution in [2.24, 2.45) is 5.92 Å². The minimum atomic E-state index is -0.573. The first kappa shape index (κ1) is 8.49. The Morgan fingerprint density at radius 3 is 2.55 bits per heavy atom. The summed E-state index contributed by atoms with van der Waals surface area (Å²) in [5.74, 6) is -0.869. The smallest absolute Gasteiger partial charge is 0.249 e. The van der Waals surface area contributed by atoms with Gasteiger partial charge in [-0.3, -0.25) is 10.0 Å². The fraction of sp³-hybridized carbons (Fsp3) is 0.857. The second-order valence-electron chi connectivity index (χ2n) is 2.93. The average Bonchev–Trinajstić information content (AvgIpc) is 2.04. The van der Waals surface area contributed by atoms with E-state index in [4.69, 9.17) is 5.21 Å². The summed E-state index contributed by atoms with van der Waals surface area (Å²) < 4.78 is 0. The van der Waals surface area contributed by atoms with Crippen LogP contribution in [0.2, 0.25) is 0 Å². The third-order valence-corrected chi connectivity index (χ3v) is 2.18. The van der Waals surface area contributed by atoms with Crippen molar-refractivity contribution < 1.29 is 15.1 Å². The maximum atomic E-state index is 10.9. The second kappa shape index (κ2) is 3.69. The van der Waals surface area contributed by atoms with Crippen LogP contribution in [0.1, 0.15) is 25.7 Å². The largest absolute Gasteiger partial charge is 0.392 e. The van der Waals surface area contributed by atoms with E-state index in [1.54, 1.807) is 5.48 Å². The summed E-state index contributed by atoms with van der Waals surface area (Å²) in [6.45, 7) is 0. The van der Waals surface area contributed by atoms with Crippen LogP contribution in [-0.4, -0.2) is 22.3 Å². The Bertz CT molecular complexity index is 149. The third-order valence-electron chi connectivity index (χ3n) is 2.18. The van der Waals surface area contributed by atoms with E-state index in [0.717, 1.165) is 12.8 Å². The predicted molar refractivity (Wildman–Crippen MR) is 37.9 cm³/mol. The molecule has 11 heavy (non-hydrogen) atoms. The molecule has 1 rings (SSSR count). The number of carbonyl (C=O) groups excluding carboxylic acids is 1. The van der Waals surface area contributed by atoms with E-state index in [1.165, 1.54) is 0 Å². The first-order chi connectivity index (χ1) is 5.25. The van der Waals surface area contributed by atoms with Crippen LogP contribution < -0.4 is 5.48 Å². The molecule has 1 aliphatic rings. The number of amides is 1. The SMILES string of the molecule is O=C(NO)C1CCCCC1O. The molecule has 3 N–H and O–H groups in total. The molecule has 0 saturated heterocycles. The summed E-state index contributed by atoms with van der Waals surface area (Å²) in [7, 11) is 0. The van der Waals surface area contributed by atoms with Crippen LogP contribution in [0.3, 0.4) is 0 Å². The number of hydroxylamine groups is 1. The van der Waals surface area contributed by atoms with Crippen molar-refractivity contribution >= 4 is 5.91 Å². The van der Waals surface area contributed by atoms with E-state index in [-0.39, 0.29) is 0 Å². The van der Waals surface area contributed by atoms with Gasteiger partial charge in [-0.05, 0) is 12.8 Å². The van der Waals surface area contributed by atoms with E-state index in [1.807, 2.05) is 0 Å². The molecule has 0 spiro atoms. The first-order valence-corrected chi connectivity index (χ1v) is 3.87. The minimum absolute atomic E-state index is 0.409. The summed E-state index contributed by atoms with van der Waals surface area (Å²) in [4.78, 5) is 10.9. The predicted octanol–water partition coefficient (Wildman–Crippen LogP) is 0.0429. The lowest BCUT2D eigenvalue weighted by Gasteiger charge is -2.25. The van der Waals surface area contributed by atoms with Gasteiger partial charge in [-0.15, -0.1) is 0 Å². The van der Waals surface area contributed by atoms with Crippen LogP contribution >= 0.6 is 0 Å². The summed E-state index contributed by atoms with van der Waals surface area (Å²) in [6, 6.07) is 0. The van der Waals surface area contributed by atoms with Crippen molar-refractivity contribution in [1.29, 1.82) is 0 Å². The van der Waals surface area contributed by atoms with Gasteiger partial charge in [0.15, 0.2) is 0 Å². The zero-order valence-corrected chi connectivity index (χ0v) is 6.29. The van der Waals surface area contributed by atoms with E-state index in [9.17, 15) is 9.90 Å². The van der Waals surface area contributed by atoms with Crippen LogP contribution in [0.4, 0.5) is 0 Å². The molecule has 0 aromatic carbocycles. The molecule has 1 amide bonds. The lowest BCUT2D eigenvalue weighted by Crippen LogP contribution is -2.37. The lowest BCUT2D eigenvalue weighted by molar-refractivity contribution is -0.138. The summed E-state index contributed by atoms with van der Waals surface area (Å²) in [5.41, 5.74) is 1.57. The maximum Gasteiger partial charge on any atom is 0.249 e. The van der Waals surface area contributed by atoms with E-state index < -0.39 is 17.9 Å². The number of hydrogen-bond acceptors (Lipinski definition) is 3. The second-order valence-corrected chi connectivity index (χ2v) is 2.93. The van der Waals surface area contributed by atoms with Crippen molar-refractivity contribution in [2.75, 3.05) is 0 Å². The molecule has 64 valence electrons. The highest BCUT2D eigenvalue weighted by atomic mass is 16.5. The molecule has 0 heterocycles. The highest BCUT2D eigenvalue weighted by molar-refractivity contribution is 5.78. The lowest BCUT2D eigenvalue weighted by atomic mass is 9.86. The Labute approximate surface area is 65.2 Å². The molecule has 0 aromatic rings. The van der Waals surface area contributed by atoms with Gasteiger partial charge in [0.05, 0.1) is 12.0 Å². The average molecular weight is 159 g/mol. The fourth-order valence-corrected chi connectivity index (χ4v) is 1.50. The van der Waals surface area contributed by atoms with Crippen LogP contribution in [0, 0.1) is 5.92 Å². The molecule has 4 heteroatoms. The maximum absolute atomic E-state index is 10.9. The van der Waals surface area contributed by atoms with Crippen LogP contribution in [0.15, 0.2) is 0 Å². The Kier molecular flexibility index (Phi) is 2.84.